The van der Waals surface area contributed by atoms with Crippen LogP contribution in [0.3, 0.4) is 0 Å². The van der Waals surface area contributed by atoms with Crippen molar-refractivity contribution in [2.24, 2.45) is 11.5 Å². The predicted octanol–water partition coefficient (Wildman–Crippen LogP) is 5.89. The highest BCUT2D eigenvalue weighted by Crippen LogP contribution is 2.14. The van der Waals surface area contributed by atoms with E-state index in [0.717, 1.165) is 38.5 Å². The second kappa shape index (κ2) is 47.7. The number of hydrogen-bond donors (Lipinski definition) is 8. The van der Waals surface area contributed by atoms with E-state index in [4.69, 9.17) is 30.4 Å². The van der Waals surface area contributed by atoms with Crippen molar-refractivity contribution in [2.45, 2.75) is 193 Å². The van der Waals surface area contributed by atoms with Crippen LogP contribution in [-0.4, -0.2) is 136 Å². The maximum atomic E-state index is 12.9. The lowest BCUT2D eigenvalue weighted by Gasteiger charge is -2.20. The van der Waals surface area contributed by atoms with Gasteiger partial charge in [0.05, 0.1) is 45.6 Å². The Kier molecular flexibility index (Phi) is 45.3. The van der Waals surface area contributed by atoms with Crippen LogP contribution < -0.4 is 38.1 Å². The number of nitrogens with one attached hydrogen (secondary N) is 5. The van der Waals surface area contributed by atoms with Gasteiger partial charge in [0.15, 0.2) is 0 Å². The first-order valence-electron chi connectivity index (χ1n) is 25.6. The second-order valence-electron chi connectivity index (χ2n) is 17.2. The van der Waals surface area contributed by atoms with E-state index in [2.05, 4.69) is 40.4 Å². The third-order valence-corrected chi connectivity index (χ3v) is 12.1. The van der Waals surface area contributed by atoms with Gasteiger partial charge in [-0.25, -0.2) is 9.59 Å². The number of thioether (sulfide) groups is 1. The first-order valence-corrected chi connectivity index (χ1v) is 26.8. The molecule has 0 fully saturated rings. The summed E-state index contributed by atoms with van der Waals surface area (Å²) in [5.41, 5.74) is 11.1. The topological polar surface area (TPSA) is 272 Å². The van der Waals surface area contributed by atoms with Gasteiger partial charge in [-0.3, -0.25) is 19.2 Å². The Morgan fingerprint density at radius 3 is 1.52 bits per heavy atom. The molecule has 0 aliphatic carbocycles. The van der Waals surface area contributed by atoms with Crippen molar-refractivity contribution in [1.82, 2.24) is 26.6 Å². The van der Waals surface area contributed by atoms with Crippen molar-refractivity contribution in [3.05, 3.63) is 0 Å². The van der Waals surface area contributed by atoms with Crippen molar-refractivity contribution >= 4 is 47.6 Å². The third-order valence-electron chi connectivity index (χ3n) is 10.9. The van der Waals surface area contributed by atoms with E-state index in [0.29, 0.717) is 13.1 Å². The lowest BCUT2D eigenvalue weighted by atomic mass is 10.1. The molecule has 0 aliphatic heterocycles. The van der Waals surface area contributed by atoms with Gasteiger partial charge in [-0.15, -0.1) is 0 Å². The van der Waals surface area contributed by atoms with Gasteiger partial charge in [0.25, 0.3) is 0 Å². The molecule has 0 radical (unpaired) electrons. The van der Waals surface area contributed by atoms with E-state index in [1.165, 1.54) is 127 Å². The minimum absolute atomic E-state index is 0.0574. The van der Waals surface area contributed by atoms with Gasteiger partial charge in [0, 0.05) is 37.6 Å². The Balaban J connectivity index is 4.67. The molecule has 0 aromatic heterocycles. The van der Waals surface area contributed by atoms with Crippen LogP contribution >= 0.6 is 11.8 Å². The fourth-order valence-corrected chi connectivity index (χ4v) is 7.82. The average molecular weight is 976 g/mol. The van der Waals surface area contributed by atoms with Crippen LogP contribution in [-0.2, 0) is 38.1 Å². The quantitative estimate of drug-likeness (QED) is 0.0331. The summed E-state index contributed by atoms with van der Waals surface area (Å²) in [6.45, 7) is 5.08. The van der Waals surface area contributed by atoms with Crippen molar-refractivity contribution in [2.75, 3.05) is 77.3 Å². The molecule has 0 aromatic rings. The number of unbranched alkanes of at least 4 members (excludes halogenated alkanes) is 22. The molecular weight excluding hydrogens is 883 g/mol. The lowest BCUT2D eigenvalue weighted by Crippen LogP contribution is -2.54. The Bertz CT molecular complexity index is 1260. The average Bonchev–Trinajstić information content (AvgIpc) is 3.31. The Morgan fingerprint density at radius 2 is 1.03 bits per heavy atom. The van der Waals surface area contributed by atoms with Crippen molar-refractivity contribution < 1.29 is 52.8 Å². The second-order valence-corrected chi connectivity index (χ2v) is 18.2. The summed E-state index contributed by atoms with van der Waals surface area (Å²) in [6.07, 6.45) is 27.2. The lowest BCUT2D eigenvalue weighted by molar-refractivity contribution is -0.130. The maximum Gasteiger partial charge on any atom is 0.407 e. The highest BCUT2D eigenvalue weighted by Gasteiger charge is 2.24. The first kappa shape index (κ1) is 63.6. The number of ether oxygens (including phenoxy) is 4. The minimum Gasteiger partial charge on any atom is -0.446 e. The molecule has 0 saturated carbocycles. The molecule has 0 heterocycles. The van der Waals surface area contributed by atoms with Crippen molar-refractivity contribution in [3.8, 4) is 0 Å². The molecular formula is C48H93N7O11S. The number of carbonyl (C=O) groups excluding carboxylic acids is 6. The number of aliphatic hydroxyl groups is 1. The van der Waals surface area contributed by atoms with E-state index in [1.54, 1.807) is 0 Å². The number of hydrogen-bond acceptors (Lipinski definition) is 13. The number of carbonyl (C=O) groups is 6. The molecule has 18 nitrogen and oxygen atoms in total. The van der Waals surface area contributed by atoms with Crippen LogP contribution in [0, 0.1) is 0 Å². The summed E-state index contributed by atoms with van der Waals surface area (Å²) in [5.74, 6) is -2.03. The highest BCUT2D eigenvalue weighted by molar-refractivity contribution is 7.99. The van der Waals surface area contributed by atoms with Gasteiger partial charge < -0.3 is 62.1 Å². The van der Waals surface area contributed by atoms with E-state index in [9.17, 15) is 33.9 Å². The zero-order valence-electron chi connectivity index (χ0n) is 41.5. The fraction of sp³-hybridized carbons (Fsp3) is 0.875. The first-order chi connectivity index (χ1) is 32.5. The SMILES string of the molecule is CCCCCCCCCCCCCCNC(=O)OC[C@H](CSC[C@H](N)C(=O)N[C@@H](CO)C(=O)NCCOCCOCCC(=O)NCC(N)=O)OC(=O)NCCCCCCCCCCCCCC. The van der Waals surface area contributed by atoms with Crippen LogP contribution in [0.2, 0.25) is 0 Å². The summed E-state index contributed by atoms with van der Waals surface area (Å²) in [5, 5.41) is 22.8. The molecule has 0 unspecified atom stereocenters. The summed E-state index contributed by atoms with van der Waals surface area (Å²) in [4.78, 5) is 73.0. The Labute approximate surface area is 407 Å². The molecule has 0 aromatic carbocycles. The molecule has 0 aliphatic rings. The number of primary amides is 1. The van der Waals surface area contributed by atoms with Crippen LogP contribution in [0.25, 0.3) is 0 Å². The zero-order chi connectivity index (χ0) is 49.4. The third kappa shape index (κ3) is 43.6. The number of aliphatic hydroxyl groups excluding tert-OH is 1. The molecule has 0 saturated heterocycles. The summed E-state index contributed by atoms with van der Waals surface area (Å²) in [6, 6.07) is -2.32. The van der Waals surface area contributed by atoms with Crippen LogP contribution in [0.1, 0.15) is 174 Å². The summed E-state index contributed by atoms with van der Waals surface area (Å²) < 4.78 is 21.8. The van der Waals surface area contributed by atoms with E-state index in [1.807, 2.05) is 0 Å². The molecule has 0 rings (SSSR count). The fourth-order valence-electron chi connectivity index (χ4n) is 6.85. The van der Waals surface area contributed by atoms with Gasteiger partial charge in [-0.05, 0) is 12.8 Å². The number of rotatable bonds is 48. The minimum atomic E-state index is -1.25. The van der Waals surface area contributed by atoms with Gasteiger partial charge in [0.2, 0.25) is 23.6 Å². The van der Waals surface area contributed by atoms with Gasteiger partial charge >= 0.3 is 12.2 Å². The number of alkyl carbamates (subject to hydrolysis) is 2. The molecule has 19 heteroatoms. The van der Waals surface area contributed by atoms with E-state index >= 15 is 0 Å². The molecule has 392 valence electrons. The number of nitrogens with two attached hydrogens (primary N) is 2. The van der Waals surface area contributed by atoms with Crippen LogP contribution in [0.4, 0.5) is 9.59 Å². The van der Waals surface area contributed by atoms with Gasteiger partial charge in [-0.2, -0.15) is 11.8 Å². The van der Waals surface area contributed by atoms with Gasteiger partial charge in [-0.1, -0.05) is 155 Å². The normalized spacial score (nSPS) is 12.4. The van der Waals surface area contributed by atoms with Crippen LogP contribution in [0.15, 0.2) is 0 Å². The van der Waals surface area contributed by atoms with Crippen LogP contribution in [0.5, 0.6) is 0 Å². The Morgan fingerprint density at radius 1 is 0.552 bits per heavy atom. The molecule has 3 atom stereocenters. The monoisotopic (exact) mass is 976 g/mol. The van der Waals surface area contributed by atoms with E-state index < -0.39 is 54.7 Å². The van der Waals surface area contributed by atoms with Crippen molar-refractivity contribution in [1.29, 1.82) is 0 Å². The molecule has 0 bridgehead atoms. The number of amides is 6. The smallest absolute Gasteiger partial charge is 0.407 e. The predicted molar refractivity (Wildman–Crippen MR) is 266 cm³/mol. The standard InChI is InChI=1S/C48H93N7O11S/c1-3-5-7-9-11-13-15-17-19-21-23-25-28-52-47(61)65-37-40(66-48(62)53-29-26-24-22-20-18-16-14-12-10-8-6-4-2)38-67-39-41(49)45(59)55-42(36-56)46(60)51-30-32-64-34-33-63-31-27-44(58)54-35-43(50)57/h40-42,56H,3-39,49H2,1-2H3,(H2,50,57)(H,51,60)(H,52,61)(H,53,62)(H,54,58)(H,55,59)/t40-,41+,42+/m1/s1. The Hall–Kier alpha value is -3.39. The van der Waals surface area contributed by atoms with Gasteiger partial charge in [0.1, 0.15) is 18.8 Å². The zero-order valence-corrected chi connectivity index (χ0v) is 42.3. The summed E-state index contributed by atoms with van der Waals surface area (Å²) in [7, 11) is 0. The molecule has 10 N–H and O–H groups in total. The highest BCUT2D eigenvalue weighted by atomic mass is 32.2. The molecule has 6 amide bonds. The van der Waals surface area contributed by atoms with Crippen molar-refractivity contribution in [3.63, 3.8) is 0 Å². The summed E-state index contributed by atoms with van der Waals surface area (Å²) >= 11 is 1.22. The van der Waals surface area contributed by atoms with E-state index in [-0.39, 0.29) is 70.0 Å². The molecule has 67 heavy (non-hydrogen) atoms. The maximum absolute atomic E-state index is 12.9. The molecule has 0 spiro atoms. The largest absolute Gasteiger partial charge is 0.446 e.